The summed E-state index contributed by atoms with van der Waals surface area (Å²) in [6, 6.07) is 18.0. The number of aromatic nitrogens is 1. The van der Waals surface area contributed by atoms with Gasteiger partial charge in [0.1, 0.15) is 12.4 Å². The fourth-order valence-corrected chi connectivity index (χ4v) is 4.36. The SMILES string of the molecule is COCCOC(=O)c1c(C)n(Cc2ccc(C(C)(C)C)cc2)c2c1cc(O)c1ccccc12. The van der Waals surface area contributed by atoms with Gasteiger partial charge in [-0.1, -0.05) is 69.3 Å². The van der Waals surface area contributed by atoms with E-state index in [1.807, 2.05) is 31.2 Å². The lowest BCUT2D eigenvalue weighted by Gasteiger charge is -2.19. The summed E-state index contributed by atoms with van der Waals surface area (Å²) in [6.45, 7) is 9.64. The maximum absolute atomic E-state index is 13.0. The number of hydrogen-bond acceptors (Lipinski definition) is 4. The van der Waals surface area contributed by atoms with Crippen LogP contribution in [0.2, 0.25) is 0 Å². The lowest BCUT2D eigenvalue weighted by molar-refractivity contribution is 0.0389. The predicted octanol–water partition coefficient (Wildman–Crippen LogP) is 5.96. The summed E-state index contributed by atoms with van der Waals surface area (Å²) in [5.41, 5.74) is 4.70. The average molecular weight is 446 g/mol. The molecule has 1 heterocycles. The smallest absolute Gasteiger partial charge is 0.340 e. The normalized spacial score (nSPS) is 11.9. The lowest BCUT2D eigenvalue weighted by Crippen LogP contribution is -2.12. The van der Waals surface area contributed by atoms with Crippen LogP contribution in [0.5, 0.6) is 5.75 Å². The van der Waals surface area contributed by atoms with E-state index >= 15 is 0 Å². The zero-order chi connectivity index (χ0) is 23.8. The van der Waals surface area contributed by atoms with Crippen LogP contribution in [0.25, 0.3) is 21.7 Å². The summed E-state index contributed by atoms with van der Waals surface area (Å²) in [5, 5.41) is 13.1. The molecule has 0 aliphatic heterocycles. The molecule has 0 aliphatic rings. The molecule has 0 atom stereocenters. The van der Waals surface area contributed by atoms with Crippen molar-refractivity contribution in [3.63, 3.8) is 0 Å². The van der Waals surface area contributed by atoms with Gasteiger partial charge in [-0.25, -0.2) is 4.79 Å². The number of phenolic OH excluding ortho intramolecular Hbond substituents is 1. The zero-order valence-corrected chi connectivity index (χ0v) is 19.9. The Morgan fingerprint density at radius 1 is 0.970 bits per heavy atom. The largest absolute Gasteiger partial charge is 0.507 e. The van der Waals surface area contributed by atoms with Crippen LogP contribution in [0.4, 0.5) is 0 Å². The molecule has 0 spiro atoms. The third-order valence-corrected chi connectivity index (χ3v) is 6.19. The van der Waals surface area contributed by atoms with E-state index in [9.17, 15) is 9.90 Å². The van der Waals surface area contributed by atoms with Crippen molar-refractivity contribution in [2.24, 2.45) is 0 Å². The molecule has 0 unspecified atom stereocenters. The molecule has 0 aliphatic carbocycles. The molecule has 3 aromatic carbocycles. The molecule has 4 aromatic rings. The van der Waals surface area contributed by atoms with Gasteiger partial charge in [0.25, 0.3) is 0 Å². The first kappa shape index (κ1) is 22.9. The van der Waals surface area contributed by atoms with E-state index in [1.165, 1.54) is 5.56 Å². The number of fused-ring (bicyclic) bond motifs is 3. The number of phenols is 1. The second kappa shape index (κ2) is 8.91. The first-order valence-electron chi connectivity index (χ1n) is 11.2. The van der Waals surface area contributed by atoms with Gasteiger partial charge in [-0.05, 0) is 29.5 Å². The van der Waals surface area contributed by atoms with Crippen molar-refractivity contribution in [2.75, 3.05) is 20.3 Å². The first-order valence-corrected chi connectivity index (χ1v) is 11.2. The Balaban J connectivity index is 1.88. The first-order chi connectivity index (χ1) is 15.7. The maximum Gasteiger partial charge on any atom is 0.340 e. The fourth-order valence-electron chi connectivity index (χ4n) is 4.36. The molecule has 0 radical (unpaired) electrons. The Morgan fingerprint density at radius 2 is 1.64 bits per heavy atom. The molecule has 1 aromatic heterocycles. The Hall–Kier alpha value is -3.31. The summed E-state index contributed by atoms with van der Waals surface area (Å²) in [6.07, 6.45) is 0. The molecular formula is C28H31NO4. The van der Waals surface area contributed by atoms with Gasteiger partial charge in [0.2, 0.25) is 0 Å². The number of esters is 1. The molecule has 0 saturated heterocycles. The highest BCUT2D eigenvalue weighted by molar-refractivity contribution is 6.16. The van der Waals surface area contributed by atoms with Gasteiger partial charge in [-0.2, -0.15) is 0 Å². The van der Waals surface area contributed by atoms with Gasteiger partial charge in [-0.15, -0.1) is 0 Å². The minimum absolute atomic E-state index is 0.0848. The Labute approximate surface area is 194 Å². The number of aromatic hydroxyl groups is 1. The van der Waals surface area contributed by atoms with Crippen LogP contribution < -0.4 is 0 Å². The molecule has 4 rings (SSSR count). The van der Waals surface area contributed by atoms with Gasteiger partial charge in [0.05, 0.1) is 17.7 Å². The third kappa shape index (κ3) is 4.33. The number of carbonyl (C=O) groups excluding carboxylic acids is 1. The average Bonchev–Trinajstić information content (AvgIpc) is 3.05. The number of methoxy groups -OCH3 is 1. The van der Waals surface area contributed by atoms with Crippen LogP contribution in [-0.4, -0.2) is 36.0 Å². The van der Waals surface area contributed by atoms with Gasteiger partial charge < -0.3 is 19.1 Å². The summed E-state index contributed by atoms with van der Waals surface area (Å²) in [4.78, 5) is 13.0. The second-order valence-electron chi connectivity index (χ2n) is 9.46. The van der Waals surface area contributed by atoms with E-state index in [-0.39, 0.29) is 17.8 Å². The molecule has 5 heteroatoms. The fraction of sp³-hybridized carbons (Fsp3) is 0.321. The van der Waals surface area contributed by atoms with E-state index in [1.54, 1.807) is 13.2 Å². The van der Waals surface area contributed by atoms with E-state index < -0.39 is 5.97 Å². The van der Waals surface area contributed by atoms with Crippen LogP contribution in [-0.2, 0) is 21.4 Å². The Morgan fingerprint density at radius 3 is 2.27 bits per heavy atom. The summed E-state index contributed by atoms with van der Waals surface area (Å²) in [7, 11) is 1.57. The second-order valence-corrected chi connectivity index (χ2v) is 9.46. The standard InChI is InChI=1S/C28H31NO4/c1-18-25(27(31)33-15-14-32-5)23-16-24(30)21-8-6-7-9-22(21)26(23)29(18)17-19-10-12-20(13-11-19)28(2,3)4/h6-13,16,30H,14-15,17H2,1-5H3. The van der Waals surface area contributed by atoms with Crippen LogP contribution >= 0.6 is 0 Å². The molecule has 172 valence electrons. The molecule has 33 heavy (non-hydrogen) atoms. The molecule has 0 bridgehead atoms. The van der Waals surface area contributed by atoms with Gasteiger partial charge in [-0.3, -0.25) is 0 Å². The summed E-state index contributed by atoms with van der Waals surface area (Å²) < 4.78 is 12.6. The van der Waals surface area contributed by atoms with Crippen LogP contribution in [0, 0.1) is 6.92 Å². The maximum atomic E-state index is 13.0. The third-order valence-electron chi connectivity index (χ3n) is 6.19. The van der Waals surface area contributed by atoms with Gasteiger partial charge in [0.15, 0.2) is 0 Å². The van der Waals surface area contributed by atoms with Gasteiger partial charge >= 0.3 is 5.97 Å². The number of carbonyl (C=O) groups is 1. The zero-order valence-electron chi connectivity index (χ0n) is 19.9. The van der Waals surface area contributed by atoms with Gasteiger partial charge in [0, 0.05) is 35.5 Å². The minimum Gasteiger partial charge on any atom is -0.507 e. The van der Waals surface area contributed by atoms with Crippen molar-refractivity contribution in [2.45, 2.75) is 39.7 Å². The van der Waals surface area contributed by atoms with Crippen molar-refractivity contribution < 1.29 is 19.4 Å². The molecule has 0 saturated carbocycles. The highest BCUT2D eigenvalue weighted by Gasteiger charge is 2.24. The Kier molecular flexibility index (Phi) is 6.17. The Bertz CT molecular complexity index is 1310. The van der Waals surface area contributed by atoms with E-state index in [0.29, 0.717) is 24.1 Å². The summed E-state index contributed by atoms with van der Waals surface area (Å²) in [5.74, 6) is -0.262. The number of ether oxygens (including phenoxy) is 2. The van der Waals surface area contributed by atoms with Crippen molar-refractivity contribution in [3.8, 4) is 5.75 Å². The van der Waals surface area contributed by atoms with Crippen molar-refractivity contribution >= 4 is 27.6 Å². The number of benzene rings is 3. The number of rotatable bonds is 6. The topological polar surface area (TPSA) is 60.7 Å². The summed E-state index contributed by atoms with van der Waals surface area (Å²) >= 11 is 0. The van der Waals surface area contributed by atoms with Crippen molar-refractivity contribution in [1.29, 1.82) is 0 Å². The monoisotopic (exact) mass is 445 g/mol. The van der Waals surface area contributed by atoms with Crippen LogP contribution in [0.15, 0.2) is 54.6 Å². The lowest BCUT2D eigenvalue weighted by atomic mass is 9.87. The van der Waals surface area contributed by atoms with E-state index in [0.717, 1.165) is 27.5 Å². The van der Waals surface area contributed by atoms with Crippen molar-refractivity contribution in [1.82, 2.24) is 4.57 Å². The molecule has 5 nitrogen and oxygen atoms in total. The highest BCUT2D eigenvalue weighted by Crippen LogP contribution is 2.38. The molecule has 0 fully saturated rings. The van der Waals surface area contributed by atoms with Crippen LogP contribution in [0.1, 0.15) is 48.0 Å². The van der Waals surface area contributed by atoms with E-state index in [4.69, 9.17) is 9.47 Å². The highest BCUT2D eigenvalue weighted by atomic mass is 16.6. The minimum atomic E-state index is -0.411. The predicted molar refractivity (Wildman–Crippen MR) is 132 cm³/mol. The van der Waals surface area contributed by atoms with Crippen LogP contribution in [0.3, 0.4) is 0 Å². The number of hydrogen-bond donors (Lipinski definition) is 1. The quantitative estimate of drug-likeness (QED) is 0.294. The molecule has 1 N–H and O–H groups in total. The van der Waals surface area contributed by atoms with Crippen molar-refractivity contribution in [3.05, 3.63) is 77.0 Å². The number of nitrogens with zero attached hydrogens (tertiary/aromatic N) is 1. The molecule has 0 amide bonds. The van der Waals surface area contributed by atoms with E-state index in [2.05, 4.69) is 49.6 Å². The molecular weight excluding hydrogens is 414 g/mol.